The molecule has 1 atom stereocenters. The quantitative estimate of drug-likeness (QED) is 0.703. The fourth-order valence-electron chi connectivity index (χ4n) is 2.05. The van der Waals surface area contributed by atoms with Gasteiger partial charge in [0.25, 0.3) is 5.91 Å². The Kier molecular flexibility index (Phi) is 5.89. The zero-order chi connectivity index (χ0) is 17.6. The molecule has 0 aliphatic rings. The lowest BCUT2D eigenvalue weighted by Gasteiger charge is -2.21. The lowest BCUT2D eigenvalue weighted by molar-refractivity contribution is -0.117. The summed E-state index contributed by atoms with van der Waals surface area (Å²) in [4.78, 5) is 24.1. The minimum Gasteiger partial charge on any atom is -0.383 e. The van der Waals surface area contributed by atoms with Gasteiger partial charge in [-0.25, -0.2) is 0 Å². The van der Waals surface area contributed by atoms with Crippen molar-refractivity contribution in [3.8, 4) is 0 Å². The number of thiophene rings is 1. The second-order valence-corrected chi connectivity index (χ2v) is 6.45. The summed E-state index contributed by atoms with van der Waals surface area (Å²) in [5.74, 6) is -0.443. The van der Waals surface area contributed by atoms with E-state index in [-0.39, 0.29) is 18.4 Å². The third kappa shape index (κ3) is 4.78. The number of carbonyl (C=O) groups excluding carboxylic acids is 2. The van der Waals surface area contributed by atoms with Crippen LogP contribution in [0.2, 0.25) is 0 Å². The lowest BCUT2D eigenvalue weighted by Crippen LogP contribution is -2.37. The number of hydrogen-bond donors (Lipinski definition) is 3. The molecule has 6 heteroatoms. The van der Waals surface area contributed by atoms with E-state index in [4.69, 9.17) is 0 Å². The Labute approximate surface area is 145 Å². The summed E-state index contributed by atoms with van der Waals surface area (Å²) in [6.07, 6.45) is 3.06. The predicted molar refractivity (Wildman–Crippen MR) is 95.8 cm³/mol. The molecule has 2 amide bonds. The fourth-order valence-corrected chi connectivity index (χ4v) is 2.84. The second kappa shape index (κ2) is 7.90. The summed E-state index contributed by atoms with van der Waals surface area (Å²) in [6, 6.07) is 10.6. The van der Waals surface area contributed by atoms with E-state index in [2.05, 4.69) is 10.6 Å². The van der Waals surface area contributed by atoms with E-state index < -0.39 is 5.60 Å². The first kappa shape index (κ1) is 17.9. The smallest absolute Gasteiger partial charge is 0.251 e. The molecule has 1 heterocycles. The van der Waals surface area contributed by atoms with Gasteiger partial charge in [-0.15, -0.1) is 11.3 Å². The van der Waals surface area contributed by atoms with Crippen LogP contribution in [0.5, 0.6) is 0 Å². The molecule has 2 aromatic rings. The summed E-state index contributed by atoms with van der Waals surface area (Å²) in [5.41, 5.74) is 0.279. The average molecular weight is 344 g/mol. The number of carbonyl (C=O) groups is 2. The molecule has 1 unspecified atom stereocenters. The molecule has 1 aromatic heterocycles. The molecule has 126 valence electrons. The molecular formula is C18H20N2O3S. The van der Waals surface area contributed by atoms with Crippen LogP contribution in [0.1, 0.15) is 27.7 Å². The van der Waals surface area contributed by atoms with Crippen LogP contribution in [0.15, 0.2) is 47.9 Å². The fraction of sp³-hybridized carbons (Fsp3) is 0.222. The molecule has 0 saturated heterocycles. The van der Waals surface area contributed by atoms with Crippen molar-refractivity contribution < 1.29 is 14.7 Å². The van der Waals surface area contributed by atoms with Crippen molar-refractivity contribution in [2.75, 3.05) is 13.6 Å². The monoisotopic (exact) mass is 344 g/mol. The second-order valence-electron chi connectivity index (χ2n) is 5.50. The third-order valence-electron chi connectivity index (χ3n) is 3.49. The predicted octanol–water partition coefficient (Wildman–Crippen LogP) is 2.14. The van der Waals surface area contributed by atoms with E-state index in [1.165, 1.54) is 17.4 Å². The van der Waals surface area contributed by atoms with Crippen LogP contribution in [0.4, 0.5) is 0 Å². The molecule has 3 N–H and O–H groups in total. The van der Waals surface area contributed by atoms with E-state index in [0.29, 0.717) is 5.56 Å². The van der Waals surface area contributed by atoms with Crippen LogP contribution in [0.3, 0.4) is 0 Å². The van der Waals surface area contributed by atoms with E-state index in [0.717, 1.165) is 10.4 Å². The van der Waals surface area contributed by atoms with Gasteiger partial charge in [0.1, 0.15) is 5.60 Å². The van der Waals surface area contributed by atoms with Crippen molar-refractivity contribution in [2.24, 2.45) is 0 Å². The van der Waals surface area contributed by atoms with Crippen LogP contribution in [0.25, 0.3) is 6.08 Å². The van der Waals surface area contributed by atoms with E-state index in [1.807, 2.05) is 17.5 Å². The minimum absolute atomic E-state index is 0.131. The Morgan fingerprint density at radius 3 is 2.54 bits per heavy atom. The molecule has 5 nitrogen and oxygen atoms in total. The average Bonchev–Trinajstić information content (AvgIpc) is 3.13. The molecule has 0 bridgehead atoms. The Balaban J connectivity index is 1.90. The highest BCUT2D eigenvalue weighted by molar-refractivity contribution is 7.10. The summed E-state index contributed by atoms with van der Waals surface area (Å²) in [7, 11) is 1.57. The van der Waals surface area contributed by atoms with Crippen LogP contribution in [-0.2, 0) is 10.4 Å². The highest BCUT2D eigenvalue weighted by Gasteiger charge is 2.24. The minimum atomic E-state index is -1.09. The highest BCUT2D eigenvalue weighted by Crippen LogP contribution is 2.24. The van der Waals surface area contributed by atoms with Gasteiger partial charge in [-0.3, -0.25) is 9.59 Å². The first-order chi connectivity index (χ1) is 11.4. The van der Waals surface area contributed by atoms with Crippen LogP contribution >= 0.6 is 11.3 Å². The van der Waals surface area contributed by atoms with Gasteiger partial charge in [-0.1, -0.05) is 18.2 Å². The molecule has 0 aliphatic carbocycles. The number of benzene rings is 1. The number of nitrogens with one attached hydrogen (secondary N) is 2. The highest BCUT2D eigenvalue weighted by atomic mass is 32.1. The van der Waals surface area contributed by atoms with Crippen molar-refractivity contribution in [2.45, 2.75) is 12.5 Å². The molecule has 0 fully saturated rings. The van der Waals surface area contributed by atoms with Crippen molar-refractivity contribution in [1.82, 2.24) is 10.6 Å². The number of rotatable bonds is 6. The van der Waals surface area contributed by atoms with Crippen molar-refractivity contribution in [1.29, 1.82) is 0 Å². The maximum atomic E-state index is 11.9. The van der Waals surface area contributed by atoms with Crippen molar-refractivity contribution in [3.63, 3.8) is 0 Å². The zero-order valence-electron chi connectivity index (χ0n) is 13.6. The Hall–Kier alpha value is -2.44. The Morgan fingerprint density at radius 2 is 1.96 bits per heavy atom. The number of amides is 2. The topological polar surface area (TPSA) is 78.4 Å². The third-order valence-corrected chi connectivity index (χ3v) is 4.61. The molecule has 0 saturated carbocycles. The molecule has 1 aromatic carbocycles. The summed E-state index contributed by atoms with van der Waals surface area (Å²) < 4.78 is 0. The van der Waals surface area contributed by atoms with Crippen LogP contribution in [0, 0.1) is 0 Å². The molecule has 0 aliphatic heterocycles. The zero-order valence-corrected chi connectivity index (χ0v) is 14.4. The van der Waals surface area contributed by atoms with Gasteiger partial charge < -0.3 is 15.7 Å². The largest absolute Gasteiger partial charge is 0.383 e. The molecule has 0 radical (unpaired) electrons. The molecular weight excluding hydrogens is 324 g/mol. The van der Waals surface area contributed by atoms with Gasteiger partial charge >= 0.3 is 0 Å². The van der Waals surface area contributed by atoms with Gasteiger partial charge in [0.15, 0.2) is 0 Å². The summed E-state index contributed by atoms with van der Waals surface area (Å²) in [6.45, 7) is 1.80. The van der Waals surface area contributed by atoms with Crippen LogP contribution < -0.4 is 10.6 Å². The van der Waals surface area contributed by atoms with Gasteiger partial charge in [-0.2, -0.15) is 0 Å². The number of hydrogen-bond acceptors (Lipinski definition) is 4. The Morgan fingerprint density at radius 1 is 1.25 bits per heavy atom. The first-order valence-corrected chi connectivity index (χ1v) is 8.35. The van der Waals surface area contributed by atoms with Gasteiger partial charge in [0.2, 0.25) is 5.91 Å². The maximum absolute atomic E-state index is 11.9. The van der Waals surface area contributed by atoms with Gasteiger partial charge in [0, 0.05) is 23.6 Å². The summed E-state index contributed by atoms with van der Waals surface area (Å²) >= 11 is 1.45. The molecule has 24 heavy (non-hydrogen) atoms. The van der Waals surface area contributed by atoms with E-state index in [9.17, 15) is 14.7 Å². The van der Waals surface area contributed by atoms with Gasteiger partial charge in [0.05, 0.1) is 6.54 Å². The van der Waals surface area contributed by atoms with Crippen molar-refractivity contribution in [3.05, 3.63) is 63.9 Å². The van der Waals surface area contributed by atoms with E-state index >= 15 is 0 Å². The number of aliphatic hydroxyl groups is 1. The van der Waals surface area contributed by atoms with Crippen molar-refractivity contribution >= 4 is 29.2 Å². The lowest BCUT2D eigenvalue weighted by atomic mass is 10.1. The first-order valence-electron chi connectivity index (χ1n) is 7.47. The van der Waals surface area contributed by atoms with Crippen LogP contribution in [-0.4, -0.2) is 30.5 Å². The van der Waals surface area contributed by atoms with E-state index in [1.54, 1.807) is 44.3 Å². The standard InChI is InChI=1S/C18H20N2O3S/c1-18(23,15-4-3-11-24-15)12-20-16(21)10-7-13-5-8-14(9-6-13)17(22)19-2/h3-11,23H,12H2,1-2H3,(H,19,22)(H,20,21). The molecule has 0 spiro atoms. The SMILES string of the molecule is CNC(=O)c1ccc(C=CC(=O)NCC(C)(O)c2cccs2)cc1. The maximum Gasteiger partial charge on any atom is 0.251 e. The normalized spacial score (nSPS) is 13.5. The Bertz CT molecular complexity index is 719. The molecule has 2 rings (SSSR count). The summed E-state index contributed by atoms with van der Waals surface area (Å²) in [5, 5.41) is 17.5. The van der Waals surface area contributed by atoms with Gasteiger partial charge in [-0.05, 0) is 42.1 Å².